The first-order chi connectivity index (χ1) is 22.3. The van der Waals surface area contributed by atoms with E-state index < -0.39 is 0 Å². The normalized spacial score (nSPS) is 18.3. The number of hydrogen-bond donors (Lipinski definition) is 3. The van der Waals surface area contributed by atoms with E-state index in [0.29, 0.717) is 28.8 Å². The minimum Gasteiger partial charge on any atom is -0.363 e. The molecule has 3 N–H and O–H groups in total. The number of anilines is 3. The van der Waals surface area contributed by atoms with E-state index in [4.69, 9.17) is 21.9 Å². The van der Waals surface area contributed by atoms with Crippen molar-refractivity contribution in [3.05, 3.63) is 101 Å². The molecule has 2 aromatic carbocycles. The number of hydrogen-bond acceptors (Lipinski definition) is 8. The van der Waals surface area contributed by atoms with Crippen molar-refractivity contribution in [2.45, 2.75) is 63.9 Å². The minimum atomic E-state index is -0.228. The van der Waals surface area contributed by atoms with Crippen LogP contribution in [-0.2, 0) is 17.6 Å². The van der Waals surface area contributed by atoms with E-state index in [1.165, 1.54) is 0 Å². The highest BCUT2D eigenvalue weighted by molar-refractivity contribution is 7.97. The van der Waals surface area contributed by atoms with E-state index in [2.05, 4.69) is 50.0 Å². The summed E-state index contributed by atoms with van der Waals surface area (Å²) >= 11 is 8.24. The highest BCUT2D eigenvalue weighted by Crippen LogP contribution is 2.31. The number of aryl methyl sites for hydroxylation is 2. The average Bonchev–Trinajstić information content (AvgIpc) is 3.06. The van der Waals surface area contributed by atoms with Crippen LogP contribution in [0.2, 0.25) is 0 Å². The summed E-state index contributed by atoms with van der Waals surface area (Å²) in [4.78, 5) is 23.5. The number of nitrogens with one attached hydrogen (secondary N) is 3. The third kappa shape index (κ3) is 10.5. The van der Waals surface area contributed by atoms with Gasteiger partial charge in [0.2, 0.25) is 5.91 Å². The molecular weight excluding hydrogens is 614 g/mol. The van der Waals surface area contributed by atoms with E-state index in [0.717, 1.165) is 71.9 Å². The maximum atomic E-state index is 13.2. The third-order valence-corrected chi connectivity index (χ3v) is 9.07. The second-order valence-electron chi connectivity index (χ2n) is 11.3. The highest BCUT2D eigenvalue weighted by Gasteiger charge is 2.23. The van der Waals surface area contributed by atoms with Crippen LogP contribution in [0.25, 0.3) is 0 Å². The third-order valence-electron chi connectivity index (χ3n) is 7.56. The molecule has 2 aliphatic rings. The first-order valence-corrected chi connectivity index (χ1v) is 16.8. The van der Waals surface area contributed by atoms with Gasteiger partial charge in [-0.3, -0.25) is 9.78 Å². The van der Waals surface area contributed by atoms with Crippen molar-refractivity contribution in [3.8, 4) is 6.07 Å². The zero-order chi connectivity index (χ0) is 32.9. The molecule has 240 valence electrons. The molecule has 46 heavy (non-hydrogen) atoms. The number of allylic oxidation sites excluding steroid dienone is 2. The predicted molar refractivity (Wildman–Crippen MR) is 192 cm³/mol. The zero-order valence-electron chi connectivity index (χ0n) is 26.7. The van der Waals surface area contributed by atoms with Crippen LogP contribution < -0.4 is 16.0 Å². The summed E-state index contributed by atoms with van der Waals surface area (Å²) in [6.45, 7) is 10.9. The molecule has 1 amide bonds. The number of aliphatic imine (C=N–C) groups is 1. The standard InChI is InChI=1S/C33H36ClN7OS.C3H6/c1-3-30(34)33-38-22(2)37-28-16-25(20-36-21-28)4-7-26-18-27(39-33)8-11-31(26)40-32(42)17-23-12-14-41(15-13-23)43-29-9-5-24(19-35)6-10-29;1-3-2/h3,5-6,8-11,16,18,20-23,37H,4,7,12-15,17H2,1-2H3,(H,38,39)(H,40,42);3H,1H2,2H3/b30-3+;. The Morgan fingerprint density at radius 1 is 1.13 bits per heavy atom. The van der Waals surface area contributed by atoms with Gasteiger partial charge in [0.1, 0.15) is 12.0 Å². The minimum absolute atomic E-state index is 0.0407. The van der Waals surface area contributed by atoms with Crippen molar-refractivity contribution < 1.29 is 4.79 Å². The fourth-order valence-electron chi connectivity index (χ4n) is 5.28. The largest absolute Gasteiger partial charge is 0.363 e. The van der Waals surface area contributed by atoms with E-state index in [1.54, 1.807) is 24.2 Å². The number of aromatic nitrogens is 1. The van der Waals surface area contributed by atoms with Crippen LogP contribution in [0.15, 0.2) is 94.6 Å². The maximum Gasteiger partial charge on any atom is 0.224 e. The van der Waals surface area contributed by atoms with Crippen LogP contribution in [0.5, 0.6) is 0 Å². The van der Waals surface area contributed by atoms with Gasteiger partial charge < -0.3 is 16.0 Å². The smallest absolute Gasteiger partial charge is 0.224 e. The molecule has 1 atom stereocenters. The summed E-state index contributed by atoms with van der Waals surface area (Å²) in [7, 11) is 0. The predicted octanol–water partition coefficient (Wildman–Crippen LogP) is 8.40. The van der Waals surface area contributed by atoms with E-state index >= 15 is 0 Å². The molecule has 3 aromatic rings. The van der Waals surface area contributed by atoms with Crippen LogP contribution in [-0.4, -0.2) is 40.3 Å². The molecule has 0 aliphatic carbocycles. The number of amides is 1. The van der Waals surface area contributed by atoms with Gasteiger partial charge >= 0.3 is 0 Å². The number of halogens is 1. The molecule has 5 rings (SSSR count). The van der Waals surface area contributed by atoms with Crippen LogP contribution in [0.3, 0.4) is 0 Å². The van der Waals surface area contributed by atoms with E-state index in [1.807, 2.05) is 69.4 Å². The molecular formula is C36H42ClN7OS. The Kier molecular flexibility index (Phi) is 13.3. The average molecular weight is 656 g/mol. The van der Waals surface area contributed by atoms with Crippen molar-refractivity contribution in [1.29, 1.82) is 5.26 Å². The van der Waals surface area contributed by atoms with Gasteiger partial charge in [-0.1, -0.05) is 23.8 Å². The Hall–Kier alpha value is -4.10. The Morgan fingerprint density at radius 3 is 2.57 bits per heavy atom. The zero-order valence-corrected chi connectivity index (χ0v) is 28.3. The number of carbonyl (C=O) groups is 1. The summed E-state index contributed by atoms with van der Waals surface area (Å²) in [6.07, 6.45) is 11.0. The fraction of sp³-hybridized carbons (Fsp3) is 0.333. The van der Waals surface area contributed by atoms with Gasteiger partial charge in [0.05, 0.1) is 28.5 Å². The van der Waals surface area contributed by atoms with E-state index in [9.17, 15) is 4.79 Å². The molecule has 0 spiro atoms. The van der Waals surface area contributed by atoms with E-state index in [-0.39, 0.29) is 12.1 Å². The molecule has 4 bridgehead atoms. The van der Waals surface area contributed by atoms with Gasteiger partial charge in [-0.15, -0.1) is 6.58 Å². The number of nitriles is 1. The lowest BCUT2D eigenvalue weighted by Crippen LogP contribution is -2.30. The lowest BCUT2D eigenvalue weighted by molar-refractivity contribution is -0.117. The molecule has 1 fully saturated rings. The first-order valence-electron chi connectivity index (χ1n) is 15.6. The Bertz CT molecular complexity index is 1590. The van der Waals surface area contributed by atoms with Crippen molar-refractivity contribution in [2.24, 2.45) is 10.9 Å². The summed E-state index contributed by atoms with van der Waals surface area (Å²) in [5.41, 5.74) is 5.38. The fourth-order valence-corrected chi connectivity index (χ4v) is 6.33. The molecule has 8 nitrogen and oxygen atoms in total. The van der Waals surface area contributed by atoms with Crippen molar-refractivity contribution in [1.82, 2.24) is 9.29 Å². The number of benzene rings is 2. The summed E-state index contributed by atoms with van der Waals surface area (Å²) < 4.78 is 2.34. The van der Waals surface area contributed by atoms with Crippen molar-refractivity contribution in [3.63, 3.8) is 0 Å². The van der Waals surface area contributed by atoms with Gasteiger partial charge in [-0.2, -0.15) is 5.26 Å². The molecule has 10 heteroatoms. The van der Waals surface area contributed by atoms with Gasteiger partial charge in [-0.05, 0) is 124 Å². The number of piperidine rings is 1. The van der Waals surface area contributed by atoms with Gasteiger partial charge in [0.25, 0.3) is 0 Å². The summed E-state index contributed by atoms with van der Waals surface area (Å²) in [5, 5.41) is 19.5. The molecule has 2 aliphatic heterocycles. The highest BCUT2D eigenvalue weighted by atomic mass is 35.5. The monoisotopic (exact) mass is 655 g/mol. The van der Waals surface area contributed by atoms with Crippen LogP contribution in [0, 0.1) is 17.2 Å². The lowest BCUT2D eigenvalue weighted by Gasteiger charge is -2.30. The maximum absolute atomic E-state index is 13.2. The number of rotatable bonds is 6. The Morgan fingerprint density at radius 2 is 1.87 bits per heavy atom. The van der Waals surface area contributed by atoms with Crippen molar-refractivity contribution in [2.75, 3.05) is 29.0 Å². The topological polar surface area (TPSA) is 105 Å². The molecule has 0 saturated carbocycles. The van der Waals surface area contributed by atoms with Gasteiger partial charge in [0, 0.05) is 42.0 Å². The SMILES string of the molecule is C/C=C(Cl)\C1=N/C(C)Nc2cncc(c2)CCc2cc(ccc2NC(=O)CC2CCN(Sc3ccc(C#N)cc3)CC2)N1.C=CC. The summed E-state index contributed by atoms with van der Waals surface area (Å²) in [5.74, 6) is 0.951. The first kappa shape index (κ1) is 34.8. The number of fused-ring (bicyclic) bond motifs is 4. The lowest BCUT2D eigenvalue weighted by atomic mass is 9.94. The van der Waals surface area contributed by atoms with Crippen LogP contribution >= 0.6 is 23.5 Å². The van der Waals surface area contributed by atoms with Crippen LogP contribution in [0.4, 0.5) is 17.1 Å². The molecule has 3 heterocycles. The Balaban J connectivity index is 0.00000154. The Labute approximate surface area is 282 Å². The number of nitrogens with zero attached hydrogens (tertiary/aromatic N) is 4. The molecule has 1 saturated heterocycles. The molecule has 1 unspecified atom stereocenters. The number of pyridine rings is 1. The second-order valence-corrected chi connectivity index (χ2v) is 12.9. The quantitative estimate of drug-likeness (QED) is 0.181. The second kappa shape index (κ2) is 17.6. The summed E-state index contributed by atoms with van der Waals surface area (Å²) in [6, 6.07) is 17.9. The molecule has 0 radical (unpaired) electrons. The van der Waals surface area contributed by atoms with Crippen molar-refractivity contribution >= 4 is 52.4 Å². The van der Waals surface area contributed by atoms with Gasteiger partial charge in [0.15, 0.2) is 0 Å². The number of carbonyl (C=O) groups excluding carboxylic acids is 1. The van der Waals surface area contributed by atoms with Gasteiger partial charge in [-0.25, -0.2) is 9.30 Å². The number of amidine groups is 1. The molecule has 1 aromatic heterocycles. The van der Waals surface area contributed by atoms with Crippen LogP contribution in [0.1, 0.15) is 56.7 Å².